The molecule has 0 bridgehead atoms. The minimum Gasteiger partial charge on any atom is -0.395 e. The Balaban J connectivity index is 0.000001000. The maximum absolute atomic E-state index is 12.4. The minimum absolute atomic E-state index is 0. The molecular formula is C6H5Br2F2N. The van der Waals surface area contributed by atoms with Crippen LogP contribution in [0.4, 0.5) is 14.5 Å². The normalized spacial score (nSPS) is 9.00. The molecule has 1 aromatic carbocycles. The third-order valence-electron chi connectivity index (χ3n) is 1.04. The molecule has 0 unspecified atom stereocenters. The van der Waals surface area contributed by atoms with E-state index in [0.717, 1.165) is 12.1 Å². The summed E-state index contributed by atoms with van der Waals surface area (Å²) < 4.78 is 25.0. The SMILES string of the molecule is Br.Nc1c(F)cc(F)cc1Br. The number of nitrogens with two attached hydrogens (primary N) is 1. The van der Waals surface area contributed by atoms with Crippen LogP contribution in [0.3, 0.4) is 0 Å². The Labute approximate surface area is 81.5 Å². The van der Waals surface area contributed by atoms with E-state index >= 15 is 0 Å². The molecule has 0 saturated carbocycles. The van der Waals surface area contributed by atoms with Gasteiger partial charge in [-0.25, -0.2) is 8.78 Å². The van der Waals surface area contributed by atoms with E-state index in [9.17, 15) is 8.78 Å². The van der Waals surface area contributed by atoms with E-state index in [1.807, 2.05) is 0 Å². The van der Waals surface area contributed by atoms with E-state index in [1.165, 1.54) is 0 Å². The highest BCUT2D eigenvalue weighted by Gasteiger charge is 2.04. The molecule has 0 aliphatic heterocycles. The number of hydrogen-bond donors (Lipinski definition) is 1. The molecule has 0 atom stereocenters. The lowest BCUT2D eigenvalue weighted by Crippen LogP contribution is -1.92. The highest BCUT2D eigenvalue weighted by atomic mass is 79.9. The van der Waals surface area contributed by atoms with Crippen LogP contribution in [0.1, 0.15) is 0 Å². The molecule has 62 valence electrons. The lowest BCUT2D eigenvalue weighted by atomic mass is 10.3. The number of anilines is 1. The molecule has 0 heterocycles. The molecule has 0 aliphatic rings. The van der Waals surface area contributed by atoms with Gasteiger partial charge >= 0.3 is 0 Å². The third-order valence-corrected chi connectivity index (χ3v) is 1.70. The fourth-order valence-electron chi connectivity index (χ4n) is 0.553. The zero-order chi connectivity index (χ0) is 7.72. The van der Waals surface area contributed by atoms with Crippen molar-refractivity contribution in [1.29, 1.82) is 0 Å². The molecule has 1 rings (SSSR count). The highest BCUT2D eigenvalue weighted by Crippen LogP contribution is 2.22. The first-order chi connectivity index (χ1) is 4.61. The van der Waals surface area contributed by atoms with Gasteiger partial charge < -0.3 is 5.73 Å². The van der Waals surface area contributed by atoms with Gasteiger partial charge in [0.2, 0.25) is 0 Å². The molecule has 1 aromatic rings. The molecule has 0 radical (unpaired) electrons. The zero-order valence-corrected chi connectivity index (χ0v) is 8.57. The van der Waals surface area contributed by atoms with Gasteiger partial charge in [0.15, 0.2) is 0 Å². The smallest absolute Gasteiger partial charge is 0.150 e. The quantitative estimate of drug-likeness (QED) is 0.730. The molecule has 0 aliphatic carbocycles. The molecule has 0 fully saturated rings. The molecule has 0 spiro atoms. The second-order valence-corrected chi connectivity index (χ2v) is 2.64. The zero-order valence-electron chi connectivity index (χ0n) is 5.27. The van der Waals surface area contributed by atoms with E-state index in [2.05, 4.69) is 15.9 Å². The van der Waals surface area contributed by atoms with Crippen LogP contribution in [0.25, 0.3) is 0 Å². The van der Waals surface area contributed by atoms with E-state index in [4.69, 9.17) is 5.73 Å². The first kappa shape index (κ1) is 10.8. The summed E-state index contributed by atoms with van der Waals surface area (Å²) in [4.78, 5) is 0. The van der Waals surface area contributed by atoms with Crippen molar-refractivity contribution in [2.24, 2.45) is 0 Å². The summed E-state index contributed by atoms with van der Waals surface area (Å²) in [7, 11) is 0. The molecule has 1 nitrogen and oxygen atoms in total. The van der Waals surface area contributed by atoms with Gasteiger partial charge in [0, 0.05) is 10.5 Å². The fourth-order valence-corrected chi connectivity index (χ4v) is 0.961. The molecule has 0 aromatic heterocycles. The standard InChI is InChI=1S/C6H4BrF2N.BrH/c7-4-1-3(8)2-5(9)6(4)10;/h1-2H,10H2;1H. The monoisotopic (exact) mass is 287 g/mol. The Morgan fingerprint density at radius 1 is 1.27 bits per heavy atom. The summed E-state index contributed by atoms with van der Waals surface area (Å²) in [5.74, 6) is -1.38. The Morgan fingerprint density at radius 3 is 2.27 bits per heavy atom. The Morgan fingerprint density at radius 2 is 1.82 bits per heavy atom. The van der Waals surface area contributed by atoms with Gasteiger partial charge in [0.05, 0.1) is 5.69 Å². The van der Waals surface area contributed by atoms with Crippen molar-refractivity contribution in [2.75, 3.05) is 5.73 Å². The fraction of sp³-hybridized carbons (Fsp3) is 0. The topological polar surface area (TPSA) is 26.0 Å². The van der Waals surface area contributed by atoms with E-state index < -0.39 is 11.6 Å². The Kier molecular flexibility index (Phi) is 3.96. The van der Waals surface area contributed by atoms with Crippen molar-refractivity contribution < 1.29 is 8.78 Å². The van der Waals surface area contributed by atoms with Crippen molar-refractivity contribution in [3.05, 3.63) is 28.2 Å². The van der Waals surface area contributed by atoms with Crippen molar-refractivity contribution in [2.45, 2.75) is 0 Å². The first-order valence-electron chi connectivity index (χ1n) is 2.51. The van der Waals surface area contributed by atoms with Gasteiger partial charge in [-0.1, -0.05) is 0 Å². The molecular weight excluding hydrogens is 284 g/mol. The van der Waals surface area contributed by atoms with Gasteiger partial charge in [-0.05, 0) is 22.0 Å². The molecule has 0 saturated heterocycles. The van der Waals surface area contributed by atoms with Crippen molar-refractivity contribution in [1.82, 2.24) is 0 Å². The van der Waals surface area contributed by atoms with Crippen LogP contribution < -0.4 is 5.73 Å². The minimum atomic E-state index is -0.744. The third kappa shape index (κ3) is 2.41. The van der Waals surface area contributed by atoms with Crippen molar-refractivity contribution >= 4 is 38.6 Å². The van der Waals surface area contributed by atoms with Gasteiger partial charge in [0.25, 0.3) is 0 Å². The largest absolute Gasteiger partial charge is 0.395 e. The average molecular weight is 289 g/mol. The number of halogens is 4. The molecule has 5 heteroatoms. The second kappa shape index (κ2) is 4.01. The summed E-state index contributed by atoms with van der Waals surface area (Å²) in [6, 6.07) is 1.85. The van der Waals surface area contributed by atoms with Crippen LogP contribution in [-0.2, 0) is 0 Å². The van der Waals surface area contributed by atoms with E-state index in [1.54, 1.807) is 0 Å². The van der Waals surface area contributed by atoms with E-state index in [-0.39, 0.29) is 27.1 Å². The molecule has 0 amide bonds. The lowest BCUT2D eigenvalue weighted by molar-refractivity contribution is 0.585. The molecule has 2 N–H and O–H groups in total. The number of rotatable bonds is 0. The average Bonchev–Trinajstić information content (AvgIpc) is 1.82. The summed E-state index contributed by atoms with van der Waals surface area (Å²) in [6.45, 7) is 0. The Bertz CT molecular complexity index is 242. The Hall–Kier alpha value is -0.160. The van der Waals surface area contributed by atoms with Gasteiger partial charge in [-0.3, -0.25) is 0 Å². The predicted molar refractivity (Wildman–Crippen MR) is 48.8 cm³/mol. The summed E-state index contributed by atoms with van der Waals surface area (Å²) >= 11 is 2.89. The second-order valence-electron chi connectivity index (χ2n) is 1.78. The molecule has 11 heavy (non-hydrogen) atoms. The summed E-state index contributed by atoms with van der Waals surface area (Å²) in [5.41, 5.74) is 5.09. The summed E-state index contributed by atoms with van der Waals surface area (Å²) in [5, 5.41) is 0. The van der Waals surface area contributed by atoms with Crippen LogP contribution >= 0.6 is 32.9 Å². The van der Waals surface area contributed by atoms with Gasteiger partial charge in [0.1, 0.15) is 11.6 Å². The van der Waals surface area contributed by atoms with Crippen LogP contribution in [-0.4, -0.2) is 0 Å². The predicted octanol–water partition coefficient (Wildman–Crippen LogP) is 2.89. The lowest BCUT2D eigenvalue weighted by Gasteiger charge is -1.98. The van der Waals surface area contributed by atoms with Crippen molar-refractivity contribution in [3.8, 4) is 0 Å². The number of nitrogen functional groups attached to an aromatic ring is 1. The van der Waals surface area contributed by atoms with Gasteiger partial charge in [-0.2, -0.15) is 0 Å². The van der Waals surface area contributed by atoms with Crippen LogP contribution in [0, 0.1) is 11.6 Å². The van der Waals surface area contributed by atoms with Crippen molar-refractivity contribution in [3.63, 3.8) is 0 Å². The van der Waals surface area contributed by atoms with Crippen LogP contribution in [0.5, 0.6) is 0 Å². The van der Waals surface area contributed by atoms with E-state index in [0.29, 0.717) is 0 Å². The van der Waals surface area contributed by atoms with Gasteiger partial charge in [-0.15, -0.1) is 17.0 Å². The highest BCUT2D eigenvalue weighted by molar-refractivity contribution is 9.10. The number of benzene rings is 1. The van der Waals surface area contributed by atoms with Crippen LogP contribution in [0.15, 0.2) is 16.6 Å². The summed E-state index contributed by atoms with van der Waals surface area (Å²) in [6.07, 6.45) is 0. The maximum Gasteiger partial charge on any atom is 0.150 e. The number of hydrogen-bond acceptors (Lipinski definition) is 1. The first-order valence-corrected chi connectivity index (χ1v) is 3.30. The maximum atomic E-state index is 12.4. The van der Waals surface area contributed by atoms with Crippen LogP contribution in [0.2, 0.25) is 0 Å².